The number of carbonyl (C=O) groups excluding carboxylic acids is 2. The molecule has 1 rings (SSSR count). The maximum atomic E-state index is 11.4. The fraction of sp³-hybridized carbons (Fsp3) is 0.778. The van der Waals surface area contributed by atoms with Crippen LogP contribution in [0.15, 0.2) is 0 Å². The molecule has 0 aliphatic carbocycles. The van der Waals surface area contributed by atoms with Crippen LogP contribution in [0.4, 0.5) is 4.79 Å². The second kappa shape index (κ2) is 5.55. The number of urea groups is 1. The minimum absolute atomic E-state index is 0.296. The summed E-state index contributed by atoms with van der Waals surface area (Å²) < 4.78 is 0. The third kappa shape index (κ3) is 4.16. The van der Waals surface area contributed by atoms with Gasteiger partial charge in [-0.15, -0.1) is 0 Å². The second-order valence-electron chi connectivity index (χ2n) is 3.83. The molecule has 0 aromatic heterocycles. The fourth-order valence-corrected chi connectivity index (χ4v) is 1.45. The molecule has 86 valence electrons. The van der Waals surface area contributed by atoms with Crippen molar-refractivity contribution in [2.45, 2.75) is 19.8 Å². The summed E-state index contributed by atoms with van der Waals surface area (Å²) in [5.41, 5.74) is 7.03. The van der Waals surface area contributed by atoms with Gasteiger partial charge < -0.3 is 10.6 Å². The van der Waals surface area contributed by atoms with Gasteiger partial charge in [0.2, 0.25) is 5.91 Å². The highest BCUT2D eigenvalue weighted by atomic mass is 16.7. The van der Waals surface area contributed by atoms with E-state index >= 15 is 0 Å². The number of nitrogens with one attached hydrogen (secondary N) is 1. The third-order valence-corrected chi connectivity index (χ3v) is 2.44. The molecule has 6 heteroatoms. The van der Waals surface area contributed by atoms with Gasteiger partial charge in [0.15, 0.2) is 6.61 Å². The molecule has 0 aromatic rings. The minimum atomic E-state index is -0.609. The van der Waals surface area contributed by atoms with E-state index in [-0.39, 0.29) is 12.6 Å². The minimum Gasteiger partial charge on any atom is -0.368 e. The van der Waals surface area contributed by atoms with Crippen molar-refractivity contribution in [1.29, 1.82) is 0 Å². The average Bonchev–Trinajstić information content (AvgIpc) is 2.18. The number of amides is 3. The number of hydrogen-bond donors (Lipinski definition) is 2. The summed E-state index contributed by atoms with van der Waals surface area (Å²) in [5, 5.41) is 0. The number of piperidine rings is 1. The van der Waals surface area contributed by atoms with E-state index in [2.05, 4.69) is 17.2 Å². The van der Waals surface area contributed by atoms with Crippen LogP contribution >= 0.6 is 0 Å². The number of primary amides is 1. The number of hydroxylamine groups is 1. The zero-order valence-electron chi connectivity index (χ0n) is 8.86. The average molecular weight is 215 g/mol. The van der Waals surface area contributed by atoms with E-state index in [9.17, 15) is 9.59 Å². The lowest BCUT2D eigenvalue weighted by Gasteiger charge is -2.29. The molecule has 1 aliphatic heterocycles. The highest BCUT2D eigenvalue weighted by Crippen LogP contribution is 2.15. The number of hydrogen-bond acceptors (Lipinski definition) is 3. The Bertz CT molecular complexity index is 237. The first-order valence-electron chi connectivity index (χ1n) is 5.04. The van der Waals surface area contributed by atoms with Crippen LogP contribution in [-0.2, 0) is 9.63 Å². The van der Waals surface area contributed by atoms with Crippen molar-refractivity contribution in [3.05, 3.63) is 0 Å². The van der Waals surface area contributed by atoms with Crippen LogP contribution in [0.2, 0.25) is 0 Å². The molecule has 0 spiro atoms. The topological polar surface area (TPSA) is 84.7 Å². The van der Waals surface area contributed by atoms with E-state index in [0.29, 0.717) is 5.92 Å². The van der Waals surface area contributed by atoms with Crippen LogP contribution in [0.3, 0.4) is 0 Å². The molecule has 1 heterocycles. The first-order chi connectivity index (χ1) is 7.09. The Morgan fingerprint density at radius 3 is 2.60 bits per heavy atom. The highest BCUT2D eigenvalue weighted by molar-refractivity contribution is 5.76. The summed E-state index contributed by atoms with van der Waals surface area (Å²) in [6, 6.07) is -0.303. The predicted octanol–water partition coefficient (Wildman–Crippen LogP) is -0.155. The van der Waals surface area contributed by atoms with Crippen molar-refractivity contribution >= 4 is 11.9 Å². The molecule has 3 amide bonds. The monoisotopic (exact) mass is 215 g/mol. The van der Waals surface area contributed by atoms with Crippen LogP contribution < -0.4 is 11.2 Å². The molecule has 0 radical (unpaired) electrons. The van der Waals surface area contributed by atoms with E-state index in [1.165, 1.54) is 0 Å². The quantitative estimate of drug-likeness (QED) is 0.642. The van der Waals surface area contributed by atoms with Crippen LogP contribution in [0, 0.1) is 5.92 Å². The Morgan fingerprint density at radius 2 is 2.07 bits per heavy atom. The molecule has 0 atom stereocenters. The molecule has 6 nitrogen and oxygen atoms in total. The smallest absolute Gasteiger partial charge is 0.341 e. The van der Waals surface area contributed by atoms with Crippen LogP contribution in [-0.4, -0.2) is 36.5 Å². The largest absolute Gasteiger partial charge is 0.368 e. The summed E-state index contributed by atoms with van der Waals surface area (Å²) >= 11 is 0. The summed E-state index contributed by atoms with van der Waals surface area (Å²) in [7, 11) is 0. The number of nitrogens with zero attached hydrogens (tertiary/aromatic N) is 1. The van der Waals surface area contributed by atoms with Crippen molar-refractivity contribution in [1.82, 2.24) is 10.4 Å². The standard InChI is InChI=1S/C9H17N3O3/c1-7-2-4-12(5-3-7)9(14)11-15-6-8(10)13/h7H,2-6H2,1H3,(H2,10,13)(H,11,14). The molecule has 1 aliphatic rings. The summed E-state index contributed by atoms with van der Waals surface area (Å²) in [6.45, 7) is 3.33. The highest BCUT2D eigenvalue weighted by Gasteiger charge is 2.20. The summed E-state index contributed by atoms with van der Waals surface area (Å²) in [5.74, 6) is 0.0585. The molecule has 1 fully saturated rings. The van der Waals surface area contributed by atoms with Crippen LogP contribution in [0.5, 0.6) is 0 Å². The first kappa shape index (κ1) is 11.8. The van der Waals surface area contributed by atoms with E-state index in [4.69, 9.17) is 5.73 Å². The molecule has 0 bridgehead atoms. The van der Waals surface area contributed by atoms with Gasteiger partial charge in [-0.05, 0) is 18.8 Å². The molecule has 1 saturated heterocycles. The maximum absolute atomic E-state index is 11.4. The van der Waals surface area contributed by atoms with Crippen LogP contribution in [0.25, 0.3) is 0 Å². The molecule has 3 N–H and O–H groups in total. The number of nitrogens with two attached hydrogens (primary N) is 1. The van der Waals surface area contributed by atoms with Crippen LogP contribution in [0.1, 0.15) is 19.8 Å². The van der Waals surface area contributed by atoms with Gasteiger partial charge in [0.1, 0.15) is 0 Å². The summed E-state index contributed by atoms with van der Waals surface area (Å²) in [6.07, 6.45) is 2.01. The van der Waals surface area contributed by atoms with Gasteiger partial charge in [-0.2, -0.15) is 0 Å². The number of rotatable bonds is 3. The Kier molecular flexibility index (Phi) is 4.36. The zero-order chi connectivity index (χ0) is 11.3. The Hall–Kier alpha value is -1.30. The van der Waals surface area contributed by atoms with Crippen molar-refractivity contribution in [2.75, 3.05) is 19.7 Å². The molecule has 15 heavy (non-hydrogen) atoms. The normalized spacial score (nSPS) is 17.5. The van der Waals surface area contributed by atoms with Crippen molar-refractivity contribution in [3.63, 3.8) is 0 Å². The SMILES string of the molecule is CC1CCN(C(=O)NOCC(N)=O)CC1. The molecular weight excluding hydrogens is 198 g/mol. The lowest BCUT2D eigenvalue weighted by atomic mass is 10.00. The lowest BCUT2D eigenvalue weighted by Crippen LogP contribution is -2.44. The number of likely N-dealkylation sites (tertiary alicyclic amines) is 1. The van der Waals surface area contributed by atoms with Crippen molar-refractivity contribution in [2.24, 2.45) is 11.7 Å². The predicted molar refractivity (Wildman–Crippen MR) is 53.6 cm³/mol. The first-order valence-corrected chi connectivity index (χ1v) is 5.04. The Labute approximate surface area is 88.7 Å². The van der Waals surface area contributed by atoms with Gasteiger partial charge in [0.05, 0.1) is 0 Å². The van der Waals surface area contributed by atoms with E-state index in [1.807, 2.05) is 0 Å². The van der Waals surface area contributed by atoms with E-state index in [0.717, 1.165) is 25.9 Å². The molecular formula is C9H17N3O3. The van der Waals surface area contributed by atoms with Gasteiger partial charge >= 0.3 is 6.03 Å². The zero-order valence-corrected chi connectivity index (χ0v) is 8.86. The summed E-state index contributed by atoms with van der Waals surface area (Å²) in [4.78, 5) is 28.0. The molecule has 0 unspecified atom stereocenters. The van der Waals surface area contributed by atoms with Gasteiger partial charge in [-0.25, -0.2) is 10.3 Å². The van der Waals surface area contributed by atoms with E-state index in [1.54, 1.807) is 4.90 Å². The third-order valence-electron chi connectivity index (χ3n) is 2.44. The number of carbonyl (C=O) groups is 2. The second-order valence-corrected chi connectivity index (χ2v) is 3.83. The maximum Gasteiger partial charge on any atom is 0.341 e. The Morgan fingerprint density at radius 1 is 1.47 bits per heavy atom. The van der Waals surface area contributed by atoms with Gasteiger partial charge in [0, 0.05) is 13.1 Å². The lowest BCUT2D eigenvalue weighted by molar-refractivity contribution is -0.124. The van der Waals surface area contributed by atoms with Crippen molar-refractivity contribution in [3.8, 4) is 0 Å². The Balaban J connectivity index is 2.19. The van der Waals surface area contributed by atoms with E-state index < -0.39 is 5.91 Å². The van der Waals surface area contributed by atoms with Gasteiger partial charge in [-0.3, -0.25) is 9.63 Å². The van der Waals surface area contributed by atoms with Gasteiger partial charge in [-0.1, -0.05) is 6.92 Å². The molecule has 0 saturated carbocycles. The fourth-order valence-electron chi connectivity index (χ4n) is 1.45. The van der Waals surface area contributed by atoms with Gasteiger partial charge in [0.25, 0.3) is 0 Å². The van der Waals surface area contributed by atoms with Crippen molar-refractivity contribution < 1.29 is 14.4 Å². The molecule has 0 aromatic carbocycles.